The number of methoxy groups -OCH3 is 2. The third-order valence-electron chi connectivity index (χ3n) is 5.75. The molecule has 0 radical (unpaired) electrons. The molecule has 1 saturated heterocycles. The molecule has 3 heterocycles. The van der Waals surface area contributed by atoms with Crippen molar-refractivity contribution in [3.05, 3.63) is 39.8 Å². The zero-order valence-corrected chi connectivity index (χ0v) is 19.9. The molecule has 4 rings (SSSR count). The Hall–Kier alpha value is -2.96. The van der Waals surface area contributed by atoms with Gasteiger partial charge in [-0.2, -0.15) is 4.31 Å². The molecular weight excluding hydrogens is 450 g/mol. The van der Waals surface area contributed by atoms with Crippen LogP contribution in [0.15, 0.2) is 26.3 Å². The number of sulfonamides is 1. The summed E-state index contributed by atoms with van der Waals surface area (Å²) >= 11 is 0. The van der Waals surface area contributed by atoms with Crippen LogP contribution in [0.25, 0.3) is 10.9 Å². The van der Waals surface area contributed by atoms with E-state index >= 15 is 0 Å². The molecule has 178 valence electrons. The molecular formula is C21H27N5O6S. The number of benzene rings is 1. The van der Waals surface area contributed by atoms with Crippen molar-refractivity contribution in [2.24, 2.45) is 0 Å². The monoisotopic (exact) mass is 477 g/mol. The van der Waals surface area contributed by atoms with E-state index in [4.69, 9.17) is 14.0 Å². The van der Waals surface area contributed by atoms with E-state index < -0.39 is 10.0 Å². The molecule has 0 atom stereocenters. The number of hydrogen-bond donors (Lipinski definition) is 1. The fourth-order valence-electron chi connectivity index (χ4n) is 4.12. The normalized spacial score (nSPS) is 16.1. The molecule has 1 aliphatic heterocycles. The maximum Gasteiger partial charge on any atom is 0.258 e. The number of aryl methyl sites for hydroxylation is 2. The third kappa shape index (κ3) is 4.45. The summed E-state index contributed by atoms with van der Waals surface area (Å²) in [5, 5.41) is 4.18. The molecule has 1 aliphatic rings. The Labute approximate surface area is 191 Å². The number of nitrogens with one attached hydrogen (secondary N) is 1. The van der Waals surface area contributed by atoms with Crippen LogP contribution in [0, 0.1) is 13.8 Å². The van der Waals surface area contributed by atoms with E-state index in [1.807, 2.05) is 0 Å². The van der Waals surface area contributed by atoms with E-state index in [0.717, 1.165) is 0 Å². The number of hydrogen-bond acceptors (Lipinski definition) is 9. The van der Waals surface area contributed by atoms with Crippen molar-refractivity contribution in [3.63, 3.8) is 0 Å². The lowest BCUT2D eigenvalue weighted by molar-refractivity contribution is 0.272. The van der Waals surface area contributed by atoms with Gasteiger partial charge in [0, 0.05) is 25.7 Å². The van der Waals surface area contributed by atoms with Gasteiger partial charge >= 0.3 is 0 Å². The van der Waals surface area contributed by atoms with Crippen LogP contribution in [0.5, 0.6) is 11.5 Å². The van der Waals surface area contributed by atoms with E-state index in [2.05, 4.69) is 20.0 Å². The summed E-state index contributed by atoms with van der Waals surface area (Å²) in [7, 11) is -0.665. The highest BCUT2D eigenvalue weighted by Gasteiger charge is 2.32. The fourth-order valence-corrected chi connectivity index (χ4v) is 5.88. The number of aromatic nitrogens is 3. The Morgan fingerprint density at radius 2 is 1.82 bits per heavy atom. The Balaban J connectivity index is 1.53. The lowest BCUT2D eigenvalue weighted by Gasteiger charge is -2.21. The van der Waals surface area contributed by atoms with E-state index in [1.165, 1.54) is 18.5 Å². The van der Waals surface area contributed by atoms with Gasteiger partial charge < -0.3 is 19.0 Å². The zero-order valence-electron chi connectivity index (χ0n) is 19.0. The molecule has 3 aromatic rings. The van der Waals surface area contributed by atoms with Crippen LogP contribution in [0.3, 0.4) is 0 Å². The van der Waals surface area contributed by atoms with Crippen molar-refractivity contribution >= 4 is 20.9 Å². The van der Waals surface area contributed by atoms with Crippen LogP contribution >= 0.6 is 0 Å². The highest BCUT2D eigenvalue weighted by molar-refractivity contribution is 7.89. The molecule has 0 aliphatic carbocycles. The number of nitrogens with zero attached hydrogens (tertiary/aromatic N) is 4. The minimum absolute atomic E-state index is 0.140. The maximum absolute atomic E-state index is 13.1. The lowest BCUT2D eigenvalue weighted by atomic mass is 10.2. The summed E-state index contributed by atoms with van der Waals surface area (Å²) in [6, 6.07) is 3.28. The fraction of sp³-hybridized carbons (Fsp3) is 0.476. The van der Waals surface area contributed by atoms with E-state index in [1.54, 1.807) is 26.0 Å². The summed E-state index contributed by atoms with van der Waals surface area (Å²) in [6.45, 7) is 5.48. The number of rotatable bonds is 6. The second-order valence-corrected chi connectivity index (χ2v) is 9.80. The second-order valence-electron chi connectivity index (χ2n) is 7.92. The first-order chi connectivity index (χ1) is 15.7. The average molecular weight is 478 g/mol. The van der Waals surface area contributed by atoms with Crippen molar-refractivity contribution in [2.45, 2.75) is 31.7 Å². The first kappa shape index (κ1) is 23.2. The summed E-state index contributed by atoms with van der Waals surface area (Å²) in [5.74, 6) is 1.74. The van der Waals surface area contributed by atoms with Crippen LogP contribution < -0.4 is 15.0 Å². The summed E-state index contributed by atoms with van der Waals surface area (Å²) < 4.78 is 43.4. The molecule has 33 heavy (non-hydrogen) atoms. The molecule has 1 fully saturated rings. The van der Waals surface area contributed by atoms with Crippen LogP contribution in [-0.4, -0.2) is 73.1 Å². The minimum atomic E-state index is -3.70. The highest BCUT2D eigenvalue weighted by atomic mass is 32.2. The van der Waals surface area contributed by atoms with Crippen LogP contribution in [0.4, 0.5) is 0 Å². The van der Waals surface area contributed by atoms with Gasteiger partial charge in [-0.1, -0.05) is 5.16 Å². The van der Waals surface area contributed by atoms with Gasteiger partial charge in [0.1, 0.15) is 16.4 Å². The first-order valence-corrected chi connectivity index (χ1v) is 12.0. The molecule has 0 amide bonds. The van der Waals surface area contributed by atoms with Crippen molar-refractivity contribution < 1.29 is 22.4 Å². The molecule has 0 spiro atoms. The largest absolute Gasteiger partial charge is 0.493 e. The number of ether oxygens (including phenoxy) is 2. The van der Waals surface area contributed by atoms with Crippen molar-refractivity contribution in [2.75, 3.05) is 40.4 Å². The summed E-state index contributed by atoms with van der Waals surface area (Å²) in [6.07, 6.45) is 0.644. The Morgan fingerprint density at radius 1 is 1.09 bits per heavy atom. The van der Waals surface area contributed by atoms with E-state index in [-0.39, 0.29) is 10.5 Å². The topological polar surface area (TPSA) is 131 Å². The predicted octanol–water partition coefficient (Wildman–Crippen LogP) is 1.44. The molecule has 0 bridgehead atoms. The van der Waals surface area contributed by atoms with Gasteiger partial charge in [-0.15, -0.1) is 0 Å². The van der Waals surface area contributed by atoms with Crippen molar-refractivity contribution in [1.82, 2.24) is 24.3 Å². The SMILES string of the molecule is COc1cc2nc(CN3CCCN(S(=O)(=O)c4c(C)noc4C)CC3)[nH]c(=O)c2cc1OC. The summed E-state index contributed by atoms with van der Waals surface area (Å²) in [4.78, 5) is 22.3. The van der Waals surface area contributed by atoms with Gasteiger partial charge in [0.15, 0.2) is 17.3 Å². The zero-order chi connectivity index (χ0) is 23.8. The smallest absolute Gasteiger partial charge is 0.258 e. The Kier molecular flexibility index (Phi) is 6.41. The standard InChI is InChI=1S/C21H27N5O6S/c1-13-20(14(2)32-24-13)33(28,29)26-7-5-6-25(8-9-26)12-19-22-16-11-18(31-4)17(30-3)10-15(16)21(27)23-19/h10-11H,5-9,12H2,1-4H3,(H,22,23,27). The molecule has 11 nitrogen and oxygen atoms in total. The average Bonchev–Trinajstić information content (AvgIpc) is 2.97. The van der Waals surface area contributed by atoms with Crippen molar-refractivity contribution in [1.29, 1.82) is 0 Å². The van der Waals surface area contributed by atoms with E-state index in [9.17, 15) is 13.2 Å². The highest BCUT2D eigenvalue weighted by Crippen LogP contribution is 2.30. The van der Waals surface area contributed by atoms with E-state index in [0.29, 0.717) is 78.8 Å². The minimum Gasteiger partial charge on any atom is -0.493 e. The number of H-pyrrole nitrogens is 1. The Bertz CT molecular complexity index is 1310. The third-order valence-corrected chi connectivity index (χ3v) is 7.89. The van der Waals surface area contributed by atoms with Crippen LogP contribution in [0.2, 0.25) is 0 Å². The van der Waals surface area contributed by atoms with Crippen LogP contribution in [-0.2, 0) is 16.6 Å². The molecule has 1 N–H and O–H groups in total. The molecule has 1 aromatic carbocycles. The quantitative estimate of drug-likeness (QED) is 0.560. The van der Waals surface area contributed by atoms with Gasteiger partial charge in [-0.25, -0.2) is 13.4 Å². The van der Waals surface area contributed by atoms with Crippen molar-refractivity contribution in [3.8, 4) is 11.5 Å². The number of aromatic amines is 1. The van der Waals surface area contributed by atoms with Crippen LogP contribution in [0.1, 0.15) is 23.7 Å². The first-order valence-electron chi connectivity index (χ1n) is 10.5. The van der Waals surface area contributed by atoms with Gasteiger partial charge in [0.25, 0.3) is 5.56 Å². The molecule has 0 unspecified atom stereocenters. The molecule has 0 saturated carbocycles. The number of fused-ring (bicyclic) bond motifs is 1. The van der Waals surface area contributed by atoms with Gasteiger partial charge in [0.05, 0.1) is 31.7 Å². The van der Waals surface area contributed by atoms with Gasteiger partial charge in [0.2, 0.25) is 10.0 Å². The molecule has 12 heteroatoms. The van der Waals surface area contributed by atoms with Gasteiger partial charge in [-0.05, 0) is 32.9 Å². The predicted molar refractivity (Wildman–Crippen MR) is 120 cm³/mol. The summed E-state index contributed by atoms with van der Waals surface area (Å²) in [5.41, 5.74) is 0.593. The molecule has 2 aromatic heterocycles. The Morgan fingerprint density at radius 3 is 2.48 bits per heavy atom. The maximum atomic E-state index is 13.1. The second kappa shape index (κ2) is 9.12. The van der Waals surface area contributed by atoms with Gasteiger partial charge in [-0.3, -0.25) is 9.69 Å². The lowest BCUT2D eigenvalue weighted by Crippen LogP contribution is -2.35.